The van der Waals surface area contributed by atoms with Crippen LogP contribution in [-0.2, 0) is 21.2 Å². The molecule has 0 aliphatic carbocycles. The maximum absolute atomic E-state index is 13.1. The Morgan fingerprint density at radius 3 is 2.38 bits per heavy atom. The zero-order chi connectivity index (χ0) is 23.5. The van der Waals surface area contributed by atoms with Crippen LogP contribution in [0.1, 0.15) is 55.7 Å². The molecule has 0 spiro atoms. The van der Waals surface area contributed by atoms with Gasteiger partial charge in [-0.15, -0.1) is 0 Å². The predicted molar refractivity (Wildman–Crippen MR) is 128 cm³/mol. The van der Waals surface area contributed by atoms with Crippen molar-refractivity contribution >= 4 is 15.9 Å². The Hall–Kier alpha value is -2.58. The van der Waals surface area contributed by atoms with E-state index in [1.54, 1.807) is 16.4 Å². The number of sulfonamides is 1. The highest BCUT2D eigenvalue weighted by Gasteiger charge is 2.31. The molecule has 0 aromatic heterocycles. The van der Waals surface area contributed by atoms with Crippen LogP contribution in [0.4, 0.5) is 0 Å². The van der Waals surface area contributed by atoms with Gasteiger partial charge in [-0.25, -0.2) is 8.42 Å². The van der Waals surface area contributed by atoms with Crippen LogP contribution in [0.15, 0.2) is 47.4 Å². The van der Waals surface area contributed by atoms with Crippen molar-refractivity contribution in [2.45, 2.75) is 55.9 Å². The summed E-state index contributed by atoms with van der Waals surface area (Å²) < 4.78 is 38.6. The van der Waals surface area contributed by atoms with Crippen LogP contribution in [-0.4, -0.2) is 56.4 Å². The number of carbonyl (C=O) groups is 1. The molecule has 2 aromatic rings. The topological polar surface area (TPSA) is 76.2 Å². The molecule has 0 saturated carbocycles. The Labute approximate surface area is 201 Å². The second-order valence-electron chi connectivity index (χ2n) is 9.26. The number of fused-ring (bicyclic) bond motifs is 1. The average Bonchev–Trinajstić information content (AvgIpc) is 3.38. The van der Waals surface area contributed by atoms with Crippen molar-refractivity contribution in [3.8, 4) is 11.5 Å². The van der Waals surface area contributed by atoms with Gasteiger partial charge in [0.15, 0.2) is 11.5 Å². The van der Waals surface area contributed by atoms with Crippen LogP contribution < -0.4 is 9.47 Å². The number of piperidine rings is 1. The summed E-state index contributed by atoms with van der Waals surface area (Å²) in [5.41, 5.74) is 2.06. The second-order valence-corrected chi connectivity index (χ2v) is 11.2. The summed E-state index contributed by atoms with van der Waals surface area (Å²) in [6.45, 7) is 3.05. The van der Waals surface area contributed by atoms with E-state index in [4.69, 9.17) is 9.47 Å². The first-order chi connectivity index (χ1) is 16.5. The molecule has 2 aromatic carbocycles. The molecule has 2 fully saturated rings. The number of benzene rings is 2. The van der Waals surface area contributed by atoms with E-state index in [0.29, 0.717) is 44.0 Å². The van der Waals surface area contributed by atoms with Crippen LogP contribution in [0, 0.1) is 0 Å². The lowest BCUT2D eigenvalue weighted by molar-refractivity contribution is -0.132. The summed E-state index contributed by atoms with van der Waals surface area (Å²) in [6, 6.07) is 13.1. The Kier molecular flexibility index (Phi) is 6.79. The first kappa shape index (κ1) is 23.2. The number of hydrogen-bond donors (Lipinski definition) is 0. The number of carbonyl (C=O) groups excluding carboxylic acids is 1. The number of nitrogens with zero attached hydrogens (tertiary/aromatic N) is 2. The summed E-state index contributed by atoms with van der Waals surface area (Å²) in [5.74, 6) is 1.64. The maximum Gasteiger partial charge on any atom is 0.243 e. The molecule has 0 unspecified atom stereocenters. The number of ether oxygens (including phenoxy) is 2. The lowest BCUT2D eigenvalue weighted by Gasteiger charge is -2.27. The van der Waals surface area contributed by atoms with Crippen LogP contribution >= 0.6 is 0 Å². The fourth-order valence-electron chi connectivity index (χ4n) is 5.16. The van der Waals surface area contributed by atoms with Crippen LogP contribution in [0.25, 0.3) is 0 Å². The van der Waals surface area contributed by atoms with E-state index in [2.05, 4.69) is 0 Å². The minimum absolute atomic E-state index is 0.0559. The van der Waals surface area contributed by atoms with Gasteiger partial charge in [0.25, 0.3) is 0 Å². The summed E-state index contributed by atoms with van der Waals surface area (Å²) >= 11 is 0. The first-order valence-electron chi connectivity index (χ1n) is 12.3. The summed E-state index contributed by atoms with van der Waals surface area (Å²) in [4.78, 5) is 15.4. The van der Waals surface area contributed by atoms with Crippen molar-refractivity contribution in [3.05, 3.63) is 53.6 Å². The minimum atomic E-state index is -3.43. The van der Waals surface area contributed by atoms with E-state index in [1.165, 1.54) is 0 Å². The maximum atomic E-state index is 13.1. The Bertz CT molecular complexity index is 1130. The van der Waals surface area contributed by atoms with Crippen LogP contribution in [0.5, 0.6) is 11.5 Å². The molecule has 7 nitrogen and oxygen atoms in total. The van der Waals surface area contributed by atoms with Gasteiger partial charge in [-0.05, 0) is 67.5 Å². The SMILES string of the molecule is O=C(CCc1ccc(S(=O)(=O)N2CCCCC2)cc1)N1CCC[C@H]1c1ccc2c(c1)OCCO2. The highest BCUT2D eigenvalue weighted by Crippen LogP contribution is 2.38. The van der Waals surface area contributed by atoms with Crippen molar-refractivity contribution in [2.24, 2.45) is 0 Å². The molecule has 3 aliphatic rings. The number of hydrogen-bond acceptors (Lipinski definition) is 5. The molecule has 3 aliphatic heterocycles. The Morgan fingerprint density at radius 1 is 0.882 bits per heavy atom. The average molecular weight is 485 g/mol. The van der Waals surface area contributed by atoms with Gasteiger partial charge in [0.2, 0.25) is 15.9 Å². The molecule has 2 saturated heterocycles. The van der Waals surface area contributed by atoms with Gasteiger partial charge in [0, 0.05) is 26.1 Å². The molecular weight excluding hydrogens is 452 g/mol. The third-order valence-electron chi connectivity index (χ3n) is 7.03. The third kappa shape index (κ3) is 4.79. The van der Waals surface area contributed by atoms with Gasteiger partial charge in [0.1, 0.15) is 13.2 Å². The molecular formula is C26H32N2O5S. The Balaban J connectivity index is 1.21. The number of amides is 1. The monoisotopic (exact) mass is 484 g/mol. The molecule has 0 bridgehead atoms. The molecule has 5 rings (SSSR count). The first-order valence-corrected chi connectivity index (χ1v) is 13.7. The number of likely N-dealkylation sites (tertiary alicyclic amines) is 1. The smallest absolute Gasteiger partial charge is 0.243 e. The molecule has 8 heteroatoms. The molecule has 1 amide bonds. The van der Waals surface area contributed by atoms with Gasteiger partial charge in [0.05, 0.1) is 10.9 Å². The third-order valence-corrected chi connectivity index (χ3v) is 8.94. The number of aryl methyl sites for hydroxylation is 1. The molecule has 182 valence electrons. The fraction of sp³-hybridized carbons (Fsp3) is 0.500. The molecule has 3 heterocycles. The quantitative estimate of drug-likeness (QED) is 0.621. The van der Waals surface area contributed by atoms with E-state index in [1.807, 2.05) is 35.2 Å². The minimum Gasteiger partial charge on any atom is -0.486 e. The van der Waals surface area contributed by atoms with Crippen LogP contribution in [0.2, 0.25) is 0 Å². The van der Waals surface area contributed by atoms with Gasteiger partial charge in [-0.3, -0.25) is 4.79 Å². The number of rotatable bonds is 6. The van der Waals surface area contributed by atoms with E-state index >= 15 is 0 Å². The standard InChI is InChI=1S/C26H32N2O5S/c29-26(28-16-4-5-23(28)21-9-12-24-25(19-21)33-18-17-32-24)13-8-20-6-10-22(11-7-20)34(30,31)27-14-2-1-3-15-27/h6-7,9-12,19,23H,1-5,8,13-18H2/t23-/m0/s1. The van der Waals surface area contributed by atoms with Crippen molar-refractivity contribution in [3.63, 3.8) is 0 Å². The lowest BCUT2D eigenvalue weighted by atomic mass is 10.0. The Morgan fingerprint density at radius 2 is 1.62 bits per heavy atom. The van der Waals surface area contributed by atoms with Crippen molar-refractivity contribution in [1.82, 2.24) is 9.21 Å². The van der Waals surface area contributed by atoms with Crippen molar-refractivity contribution in [2.75, 3.05) is 32.8 Å². The predicted octanol–water partition coefficient (Wildman–Crippen LogP) is 3.93. The van der Waals surface area contributed by atoms with Gasteiger partial charge in [-0.2, -0.15) is 4.31 Å². The highest BCUT2D eigenvalue weighted by atomic mass is 32.2. The molecule has 0 N–H and O–H groups in total. The second kappa shape index (κ2) is 9.96. The molecule has 1 atom stereocenters. The molecule has 0 radical (unpaired) electrons. The van der Waals surface area contributed by atoms with E-state index < -0.39 is 10.0 Å². The van der Waals surface area contributed by atoms with Gasteiger partial charge >= 0.3 is 0 Å². The largest absolute Gasteiger partial charge is 0.486 e. The lowest BCUT2D eigenvalue weighted by Crippen LogP contribution is -2.35. The van der Waals surface area contributed by atoms with Gasteiger partial charge in [-0.1, -0.05) is 24.6 Å². The van der Waals surface area contributed by atoms with Crippen LogP contribution in [0.3, 0.4) is 0 Å². The molecule has 34 heavy (non-hydrogen) atoms. The van der Waals surface area contributed by atoms with Gasteiger partial charge < -0.3 is 14.4 Å². The zero-order valence-electron chi connectivity index (χ0n) is 19.4. The van der Waals surface area contributed by atoms with E-state index in [-0.39, 0.29) is 11.9 Å². The fourth-order valence-corrected chi connectivity index (χ4v) is 6.67. The summed E-state index contributed by atoms with van der Waals surface area (Å²) in [6.07, 6.45) is 5.84. The summed E-state index contributed by atoms with van der Waals surface area (Å²) in [5, 5.41) is 0. The van der Waals surface area contributed by atoms with E-state index in [9.17, 15) is 13.2 Å². The summed E-state index contributed by atoms with van der Waals surface area (Å²) in [7, 11) is -3.43. The highest BCUT2D eigenvalue weighted by molar-refractivity contribution is 7.89. The zero-order valence-corrected chi connectivity index (χ0v) is 20.3. The normalized spacial score (nSPS) is 20.9. The van der Waals surface area contributed by atoms with E-state index in [0.717, 1.165) is 61.3 Å². The van der Waals surface area contributed by atoms with Crippen molar-refractivity contribution in [1.29, 1.82) is 0 Å². The van der Waals surface area contributed by atoms with Crippen molar-refractivity contribution < 1.29 is 22.7 Å².